The maximum atomic E-state index is 11.7. The summed E-state index contributed by atoms with van der Waals surface area (Å²) in [5, 5.41) is 8.71. The average Bonchev–Trinajstić information content (AvgIpc) is 3.20. The fraction of sp³-hybridized carbons (Fsp3) is 0.462. The Bertz CT molecular complexity index is 561. The third-order valence-electron chi connectivity index (χ3n) is 3.07. The van der Waals surface area contributed by atoms with E-state index in [9.17, 15) is 4.79 Å². The second kappa shape index (κ2) is 6.15. The summed E-state index contributed by atoms with van der Waals surface area (Å²) in [6, 6.07) is 3.89. The summed E-state index contributed by atoms with van der Waals surface area (Å²) in [7, 11) is 0. The molecule has 0 saturated carbocycles. The Morgan fingerprint density at radius 1 is 1.55 bits per heavy atom. The molecular weight excluding hydrogens is 278 g/mol. The van der Waals surface area contributed by atoms with Gasteiger partial charge in [0.2, 0.25) is 17.6 Å². The molecule has 1 atom stereocenters. The highest BCUT2D eigenvalue weighted by Gasteiger charge is 2.23. The molecule has 1 saturated heterocycles. The molecule has 0 radical (unpaired) electrons. The van der Waals surface area contributed by atoms with Crippen LogP contribution < -0.4 is 5.32 Å². The zero-order valence-electron chi connectivity index (χ0n) is 10.9. The zero-order chi connectivity index (χ0) is 13.8. The Hall–Kier alpha value is -1.73. The minimum absolute atomic E-state index is 0.0551. The molecule has 0 aromatic carbocycles. The van der Waals surface area contributed by atoms with Crippen LogP contribution in [0.2, 0.25) is 0 Å². The van der Waals surface area contributed by atoms with E-state index in [4.69, 9.17) is 9.26 Å². The number of nitrogens with one attached hydrogen (secondary N) is 1. The molecule has 2 aromatic heterocycles. The van der Waals surface area contributed by atoms with Crippen LogP contribution >= 0.6 is 11.3 Å². The van der Waals surface area contributed by atoms with Gasteiger partial charge < -0.3 is 14.6 Å². The van der Waals surface area contributed by atoms with Gasteiger partial charge >= 0.3 is 0 Å². The summed E-state index contributed by atoms with van der Waals surface area (Å²) in [5.74, 6) is 1.07. The highest BCUT2D eigenvalue weighted by Crippen LogP contribution is 2.21. The van der Waals surface area contributed by atoms with Crippen molar-refractivity contribution in [3.63, 3.8) is 0 Å². The van der Waals surface area contributed by atoms with Gasteiger partial charge in [-0.3, -0.25) is 4.79 Å². The first-order valence-electron chi connectivity index (χ1n) is 6.59. The Morgan fingerprint density at radius 2 is 2.50 bits per heavy atom. The maximum Gasteiger partial charge on any atom is 0.249 e. The van der Waals surface area contributed by atoms with E-state index in [0.29, 0.717) is 31.3 Å². The van der Waals surface area contributed by atoms with Crippen LogP contribution in [0.5, 0.6) is 0 Å². The van der Waals surface area contributed by atoms with E-state index in [0.717, 1.165) is 17.7 Å². The first kappa shape index (κ1) is 13.3. The molecule has 1 unspecified atom stereocenters. The summed E-state index contributed by atoms with van der Waals surface area (Å²) in [5.41, 5.74) is 0. The monoisotopic (exact) mass is 293 g/mol. The quantitative estimate of drug-likeness (QED) is 0.906. The maximum absolute atomic E-state index is 11.7. The van der Waals surface area contributed by atoms with Crippen molar-refractivity contribution in [2.45, 2.75) is 25.4 Å². The van der Waals surface area contributed by atoms with Gasteiger partial charge in [0.15, 0.2) is 0 Å². The second-order valence-electron chi connectivity index (χ2n) is 4.53. The van der Waals surface area contributed by atoms with Crippen LogP contribution in [0.25, 0.3) is 10.7 Å². The Balaban J connectivity index is 1.48. The van der Waals surface area contributed by atoms with Crippen molar-refractivity contribution < 1.29 is 14.1 Å². The Morgan fingerprint density at radius 3 is 3.25 bits per heavy atom. The molecule has 6 nitrogen and oxygen atoms in total. The molecule has 7 heteroatoms. The number of hydrogen-bond donors (Lipinski definition) is 1. The molecule has 2 aromatic rings. The number of nitrogens with zero attached hydrogens (tertiary/aromatic N) is 2. The lowest BCUT2D eigenvalue weighted by atomic mass is 10.2. The standard InChI is InChI=1S/C13H15N3O3S/c17-13(9-3-1-7-18-9)14-6-5-11-15-12(16-19-11)10-4-2-8-20-10/h2,4,8-9H,1,3,5-7H2,(H,14,17). The van der Waals surface area contributed by atoms with Gasteiger partial charge in [0.1, 0.15) is 6.10 Å². The number of carbonyl (C=O) groups is 1. The third kappa shape index (κ3) is 3.05. The topological polar surface area (TPSA) is 77.3 Å². The molecule has 3 heterocycles. The molecular formula is C13H15N3O3S. The van der Waals surface area contributed by atoms with Crippen LogP contribution in [0.3, 0.4) is 0 Å². The van der Waals surface area contributed by atoms with Crippen molar-refractivity contribution in [3.8, 4) is 10.7 Å². The van der Waals surface area contributed by atoms with Crippen LogP contribution in [0.1, 0.15) is 18.7 Å². The number of aromatic nitrogens is 2. The van der Waals surface area contributed by atoms with Gasteiger partial charge in [-0.2, -0.15) is 4.98 Å². The van der Waals surface area contributed by atoms with E-state index in [1.807, 2.05) is 17.5 Å². The normalized spacial score (nSPS) is 18.3. The average molecular weight is 293 g/mol. The predicted octanol–water partition coefficient (Wildman–Crippen LogP) is 1.64. The van der Waals surface area contributed by atoms with Crippen molar-refractivity contribution in [3.05, 3.63) is 23.4 Å². The van der Waals surface area contributed by atoms with Crippen LogP contribution in [0.4, 0.5) is 0 Å². The van der Waals surface area contributed by atoms with E-state index >= 15 is 0 Å². The van der Waals surface area contributed by atoms with Crippen molar-refractivity contribution >= 4 is 17.2 Å². The summed E-state index contributed by atoms with van der Waals surface area (Å²) in [6.45, 7) is 1.15. The molecule has 0 spiro atoms. The summed E-state index contributed by atoms with van der Waals surface area (Å²) in [4.78, 5) is 17.0. The lowest BCUT2D eigenvalue weighted by molar-refractivity contribution is -0.130. The van der Waals surface area contributed by atoms with Crippen LogP contribution in [0, 0.1) is 0 Å². The molecule has 0 bridgehead atoms. The van der Waals surface area contributed by atoms with E-state index in [2.05, 4.69) is 15.5 Å². The number of carbonyl (C=O) groups excluding carboxylic acids is 1. The van der Waals surface area contributed by atoms with Gasteiger partial charge in [0, 0.05) is 19.6 Å². The van der Waals surface area contributed by atoms with E-state index in [-0.39, 0.29) is 12.0 Å². The molecule has 1 N–H and O–H groups in total. The number of thiophene rings is 1. The zero-order valence-corrected chi connectivity index (χ0v) is 11.7. The molecule has 1 aliphatic heterocycles. The second-order valence-corrected chi connectivity index (χ2v) is 5.48. The minimum Gasteiger partial charge on any atom is -0.368 e. The fourth-order valence-electron chi connectivity index (χ4n) is 2.05. The molecule has 0 aliphatic carbocycles. The van der Waals surface area contributed by atoms with Gasteiger partial charge in [-0.15, -0.1) is 11.3 Å². The van der Waals surface area contributed by atoms with Gasteiger partial charge in [0.25, 0.3) is 0 Å². The van der Waals surface area contributed by atoms with E-state index in [1.165, 1.54) is 0 Å². The molecule has 1 amide bonds. The number of rotatable bonds is 5. The van der Waals surface area contributed by atoms with Gasteiger partial charge in [-0.25, -0.2) is 0 Å². The number of amides is 1. The van der Waals surface area contributed by atoms with Crippen molar-refractivity contribution in [2.24, 2.45) is 0 Å². The SMILES string of the molecule is O=C(NCCc1nc(-c2cccs2)no1)C1CCCO1. The van der Waals surface area contributed by atoms with Crippen LogP contribution in [-0.4, -0.2) is 35.3 Å². The molecule has 1 aliphatic rings. The van der Waals surface area contributed by atoms with Crippen molar-refractivity contribution in [1.82, 2.24) is 15.5 Å². The first-order chi connectivity index (χ1) is 9.83. The van der Waals surface area contributed by atoms with E-state index < -0.39 is 0 Å². The van der Waals surface area contributed by atoms with Gasteiger partial charge in [-0.05, 0) is 24.3 Å². The summed E-state index contributed by atoms with van der Waals surface area (Å²) < 4.78 is 10.5. The summed E-state index contributed by atoms with van der Waals surface area (Å²) in [6.07, 6.45) is 1.98. The minimum atomic E-state index is -0.292. The highest BCUT2D eigenvalue weighted by molar-refractivity contribution is 7.13. The number of hydrogen-bond acceptors (Lipinski definition) is 6. The lowest BCUT2D eigenvalue weighted by Gasteiger charge is -2.08. The largest absolute Gasteiger partial charge is 0.368 e. The Labute approximate surface area is 120 Å². The van der Waals surface area contributed by atoms with Crippen molar-refractivity contribution in [2.75, 3.05) is 13.2 Å². The molecule has 3 rings (SSSR count). The molecule has 20 heavy (non-hydrogen) atoms. The van der Waals surface area contributed by atoms with Gasteiger partial charge in [-0.1, -0.05) is 11.2 Å². The lowest BCUT2D eigenvalue weighted by Crippen LogP contribution is -2.35. The van der Waals surface area contributed by atoms with Crippen LogP contribution in [-0.2, 0) is 16.0 Å². The van der Waals surface area contributed by atoms with Crippen molar-refractivity contribution in [1.29, 1.82) is 0 Å². The molecule has 1 fully saturated rings. The summed E-state index contributed by atoms with van der Waals surface area (Å²) >= 11 is 1.56. The highest BCUT2D eigenvalue weighted by atomic mass is 32.1. The third-order valence-corrected chi connectivity index (χ3v) is 3.94. The Kier molecular flexibility index (Phi) is 4.08. The smallest absolute Gasteiger partial charge is 0.249 e. The van der Waals surface area contributed by atoms with Crippen LogP contribution in [0.15, 0.2) is 22.0 Å². The fourth-order valence-corrected chi connectivity index (χ4v) is 2.70. The van der Waals surface area contributed by atoms with Gasteiger partial charge in [0.05, 0.1) is 4.88 Å². The van der Waals surface area contributed by atoms with E-state index in [1.54, 1.807) is 11.3 Å². The number of ether oxygens (including phenoxy) is 1. The molecule has 106 valence electrons. The predicted molar refractivity (Wildman–Crippen MR) is 73.3 cm³/mol. The first-order valence-corrected chi connectivity index (χ1v) is 7.46.